The summed E-state index contributed by atoms with van der Waals surface area (Å²) in [5.74, 6) is 2.04. The van der Waals surface area contributed by atoms with Crippen LogP contribution in [0, 0.1) is 0 Å². The van der Waals surface area contributed by atoms with E-state index in [0.29, 0.717) is 19.0 Å². The first-order chi connectivity index (χ1) is 11.2. The number of aromatic nitrogens is 4. The molecule has 0 aliphatic rings. The van der Waals surface area contributed by atoms with Crippen molar-refractivity contribution in [2.75, 3.05) is 5.32 Å². The minimum atomic E-state index is 0.453. The van der Waals surface area contributed by atoms with Crippen LogP contribution in [0.25, 0.3) is 11.3 Å². The largest absolute Gasteiger partial charge is 0.459 e. The molecular weight excluding hydrogens is 426 g/mol. The summed E-state index contributed by atoms with van der Waals surface area (Å²) in [6, 6.07) is 9.81. The molecule has 1 N–H and O–H groups in total. The zero-order valence-electron chi connectivity index (χ0n) is 12.0. The van der Waals surface area contributed by atoms with Gasteiger partial charge in [-0.2, -0.15) is 4.80 Å². The smallest absolute Gasteiger partial charge is 0.263 e. The Balaban J connectivity index is 1.68. The van der Waals surface area contributed by atoms with E-state index in [9.17, 15) is 0 Å². The van der Waals surface area contributed by atoms with E-state index in [4.69, 9.17) is 4.42 Å². The molecular formula is C15H13Br2N5O. The monoisotopic (exact) mass is 437 g/mol. The van der Waals surface area contributed by atoms with Crippen molar-refractivity contribution in [1.29, 1.82) is 0 Å². The highest BCUT2D eigenvalue weighted by Crippen LogP contribution is 2.32. The molecule has 3 aromatic rings. The van der Waals surface area contributed by atoms with Gasteiger partial charge in [0.15, 0.2) is 0 Å². The SMILES string of the molecule is C=CCn1nnc(NCc2ccc(-c3ccc(Br)cc3Br)o2)n1. The van der Waals surface area contributed by atoms with Crippen LogP contribution in [0.1, 0.15) is 5.76 Å². The van der Waals surface area contributed by atoms with Crippen LogP contribution in [0.2, 0.25) is 0 Å². The number of furan rings is 1. The second-order valence-electron chi connectivity index (χ2n) is 4.70. The second-order valence-corrected chi connectivity index (χ2v) is 6.47. The Morgan fingerprint density at radius 1 is 1.26 bits per heavy atom. The van der Waals surface area contributed by atoms with Gasteiger partial charge in [-0.25, -0.2) is 0 Å². The second kappa shape index (κ2) is 7.10. The predicted molar refractivity (Wildman–Crippen MR) is 94.9 cm³/mol. The molecule has 0 spiro atoms. The molecule has 118 valence electrons. The van der Waals surface area contributed by atoms with E-state index < -0.39 is 0 Å². The molecule has 0 fully saturated rings. The van der Waals surface area contributed by atoms with E-state index in [1.807, 2.05) is 30.3 Å². The van der Waals surface area contributed by atoms with Crippen LogP contribution in [0.4, 0.5) is 5.95 Å². The lowest BCUT2D eigenvalue weighted by molar-refractivity contribution is 0.530. The summed E-state index contributed by atoms with van der Waals surface area (Å²) in [5, 5.41) is 15.0. The fourth-order valence-corrected chi connectivity index (χ4v) is 3.22. The molecule has 8 heteroatoms. The normalized spacial score (nSPS) is 10.7. The molecule has 0 atom stereocenters. The molecule has 6 nitrogen and oxygen atoms in total. The number of nitrogens with one attached hydrogen (secondary N) is 1. The molecule has 0 saturated heterocycles. The standard InChI is InChI=1S/C15H13Br2N5O/c1-2-7-22-20-15(19-21-22)18-9-11-4-6-14(23-11)12-5-3-10(16)8-13(12)17/h2-6,8H,1,7,9H2,(H,18,20). The highest BCUT2D eigenvalue weighted by atomic mass is 79.9. The summed E-state index contributed by atoms with van der Waals surface area (Å²) >= 11 is 6.98. The topological polar surface area (TPSA) is 68.8 Å². The summed E-state index contributed by atoms with van der Waals surface area (Å²) in [6.07, 6.45) is 1.71. The number of tetrazole rings is 1. The molecule has 0 bridgehead atoms. The number of allylic oxidation sites excluding steroid dienone is 1. The molecule has 0 amide bonds. The molecule has 0 aliphatic heterocycles. The van der Waals surface area contributed by atoms with Gasteiger partial charge in [0.05, 0.1) is 13.1 Å². The summed E-state index contributed by atoms with van der Waals surface area (Å²) < 4.78 is 7.84. The Morgan fingerprint density at radius 2 is 2.13 bits per heavy atom. The van der Waals surface area contributed by atoms with Gasteiger partial charge >= 0.3 is 0 Å². The summed E-state index contributed by atoms with van der Waals surface area (Å²) in [5.41, 5.74) is 0.995. The van der Waals surface area contributed by atoms with Crippen LogP contribution < -0.4 is 5.32 Å². The van der Waals surface area contributed by atoms with E-state index in [1.165, 1.54) is 4.80 Å². The van der Waals surface area contributed by atoms with Gasteiger partial charge in [0.2, 0.25) is 0 Å². The van der Waals surface area contributed by atoms with Crippen molar-refractivity contribution < 1.29 is 4.42 Å². The molecule has 2 aromatic heterocycles. The van der Waals surface area contributed by atoms with Gasteiger partial charge in [0.1, 0.15) is 11.5 Å². The van der Waals surface area contributed by atoms with Gasteiger partial charge in [-0.3, -0.25) is 0 Å². The van der Waals surface area contributed by atoms with Crippen LogP contribution in [0.15, 0.2) is 56.3 Å². The first kappa shape index (κ1) is 15.9. The number of halogens is 2. The molecule has 1 aromatic carbocycles. The first-order valence-electron chi connectivity index (χ1n) is 6.82. The van der Waals surface area contributed by atoms with Gasteiger partial charge in [-0.05, 0) is 51.5 Å². The van der Waals surface area contributed by atoms with Gasteiger partial charge in [0.25, 0.3) is 5.95 Å². The number of benzene rings is 1. The zero-order chi connectivity index (χ0) is 16.2. The minimum absolute atomic E-state index is 0.453. The van der Waals surface area contributed by atoms with Gasteiger partial charge in [-0.15, -0.1) is 11.7 Å². The highest BCUT2D eigenvalue weighted by Gasteiger charge is 2.09. The third-order valence-electron chi connectivity index (χ3n) is 3.02. The Hall–Kier alpha value is -1.93. The number of anilines is 1. The Labute approximate surface area is 149 Å². The molecule has 23 heavy (non-hydrogen) atoms. The lowest BCUT2D eigenvalue weighted by atomic mass is 10.2. The summed E-state index contributed by atoms with van der Waals surface area (Å²) in [7, 11) is 0. The Morgan fingerprint density at radius 3 is 2.91 bits per heavy atom. The van der Waals surface area contributed by atoms with Crippen molar-refractivity contribution in [1.82, 2.24) is 20.2 Å². The van der Waals surface area contributed by atoms with Crippen LogP contribution >= 0.6 is 31.9 Å². The van der Waals surface area contributed by atoms with E-state index >= 15 is 0 Å². The predicted octanol–water partition coefficient (Wildman–Crippen LogP) is 4.26. The molecule has 3 rings (SSSR count). The van der Waals surface area contributed by atoms with Crippen LogP contribution in [-0.4, -0.2) is 20.2 Å². The third-order valence-corrected chi connectivity index (χ3v) is 4.17. The van der Waals surface area contributed by atoms with Crippen molar-refractivity contribution in [2.24, 2.45) is 0 Å². The van der Waals surface area contributed by atoms with Crippen molar-refractivity contribution in [3.63, 3.8) is 0 Å². The fourth-order valence-electron chi connectivity index (χ4n) is 1.98. The van der Waals surface area contributed by atoms with Gasteiger partial charge in [-0.1, -0.05) is 27.1 Å². The molecule has 2 heterocycles. The van der Waals surface area contributed by atoms with Crippen LogP contribution in [0.3, 0.4) is 0 Å². The van der Waals surface area contributed by atoms with Gasteiger partial charge in [0, 0.05) is 14.5 Å². The van der Waals surface area contributed by atoms with Crippen LogP contribution in [0.5, 0.6) is 0 Å². The molecule has 0 unspecified atom stereocenters. The maximum Gasteiger partial charge on any atom is 0.263 e. The highest BCUT2D eigenvalue weighted by molar-refractivity contribution is 9.11. The van der Waals surface area contributed by atoms with Crippen molar-refractivity contribution in [2.45, 2.75) is 13.1 Å². The average molecular weight is 439 g/mol. The summed E-state index contributed by atoms with van der Waals surface area (Å²) in [6.45, 7) is 4.64. The van der Waals surface area contributed by atoms with Gasteiger partial charge < -0.3 is 9.73 Å². The van der Waals surface area contributed by atoms with Crippen molar-refractivity contribution in [3.05, 3.63) is 57.7 Å². The van der Waals surface area contributed by atoms with Crippen molar-refractivity contribution >= 4 is 37.8 Å². The Kier molecular flexibility index (Phi) is 4.92. The summed E-state index contributed by atoms with van der Waals surface area (Å²) in [4.78, 5) is 1.46. The number of rotatable bonds is 6. The quantitative estimate of drug-likeness (QED) is 0.582. The van der Waals surface area contributed by atoms with E-state index in [0.717, 1.165) is 26.0 Å². The maximum absolute atomic E-state index is 5.86. The lowest BCUT2D eigenvalue weighted by Crippen LogP contribution is -2.02. The molecule has 0 saturated carbocycles. The zero-order valence-corrected chi connectivity index (χ0v) is 15.2. The molecule has 0 aliphatic carbocycles. The number of hydrogen-bond acceptors (Lipinski definition) is 5. The third kappa shape index (κ3) is 3.89. The lowest BCUT2D eigenvalue weighted by Gasteiger charge is -2.02. The number of hydrogen-bond donors (Lipinski definition) is 1. The van der Waals surface area contributed by atoms with Crippen molar-refractivity contribution in [3.8, 4) is 11.3 Å². The molecule has 0 radical (unpaired) electrons. The fraction of sp³-hybridized carbons (Fsp3) is 0.133. The van der Waals surface area contributed by atoms with E-state index in [-0.39, 0.29) is 0 Å². The average Bonchev–Trinajstić information content (AvgIpc) is 3.15. The van der Waals surface area contributed by atoms with E-state index in [2.05, 4.69) is 59.2 Å². The van der Waals surface area contributed by atoms with E-state index in [1.54, 1.807) is 6.08 Å². The Bertz CT molecular complexity index is 827. The van der Waals surface area contributed by atoms with Crippen LogP contribution in [-0.2, 0) is 13.1 Å². The first-order valence-corrected chi connectivity index (χ1v) is 8.41. The number of nitrogens with zero attached hydrogens (tertiary/aromatic N) is 4. The minimum Gasteiger partial charge on any atom is -0.459 e. The maximum atomic E-state index is 5.86.